The Kier molecular flexibility index (Phi) is 4.23. The molecule has 1 aliphatic carbocycles. The standard InChI is InChI=1S/C18H19BrO/c19-17-11-4-1-6-14(17)12-18(20)16-10-3-2-9-15(16)13-7-5-8-13/h1-4,6,9-11,13,18,20H,5,7-8,12H2. The van der Waals surface area contributed by atoms with E-state index in [1.54, 1.807) is 0 Å². The monoisotopic (exact) mass is 330 g/mol. The Morgan fingerprint density at radius 3 is 2.45 bits per heavy atom. The molecule has 1 atom stereocenters. The highest BCUT2D eigenvalue weighted by molar-refractivity contribution is 9.10. The van der Waals surface area contributed by atoms with Crippen molar-refractivity contribution < 1.29 is 5.11 Å². The molecule has 2 aromatic carbocycles. The molecule has 0 saturated heterocycles. The van der Waals surface area contributed by atoms with E-state index in [1.165, 1.54) is 24.8 Å². The van der Waals surface area contributed by atoms with E-state index >= 15 is 0 Å². The molecule has 2 aromatic rings. The molecule has 2 heteroatoms. The van der Waals surface area contributed by atoms with Gasteiger partial charge in [0.2, 0.25) is 0 Å². The van der Waals surface area contributed by atoms with Crippen molar-refractivity contribution in [3.63, 3.8) is 0 Å². The molecule has 1 N–H and O–H groups in total. The van der Waals surface area contributed by atoms with Crippen LogP contribution in [0.2, 0.25) is 0 Å². The third-order valence-corrected chi connectivity index (χ3v) is 5.04. The van der Waals surface area contributed by atoms with Gasteiger partial charge in [-0.15, -0.1) is 0 Å². The van der Waals surface area contributed by atoms with Gasteiger partial charge in [-0.1, -0.05) is 64.8 Å². The van der Waals surface area contributed by atoms with Crippen molar-refractivity contribution in [2.24, 2.45) is 0 Å². The molecule has 1 aliphatic rings. The summed E-state index contributed by atoms with van der Waals surface area (Å²) in [5, 5.41) is 10.6. The summed E-state index contributed by atoms with van der Waals surface area (Å²) < 4.78 is 1.07. The van der Waals surface area contributed by atoms with Gasteiger partial charge in [-0.2, -0.15) is 0 Å². The largest absolute Gasteiger partial charge is 0.388 e. The van der Waals surface area contributed by atoms with Crippen LogP contribution in [0.1, 0.15) is 48.0 Å². The van der Waals surface area contributed by atoms with Crippen LogP contribution >= 0.6 is 15.9 Å². The van der Waals surface area contributed by atoms with Crippen molar-refractivity contribution in [2.45, 2.75) is 37.7 Å². The maximum absolute atomic E-state index is 10.6. The van der Waals surface area contributed by atoms with E-state index in [4.69, 9.17) is 0 Å². The topological polar surface area (TPSA) is 20.2 Å². The van der Waals surface area contributed by atoms with E-state index in [-0.39, 0.29) is 0 Å². The van der Waals surface area contributed by atoms with Gasteiger partial charge in [-0.3, -0.25) is 0 Å². The maximum Gasteiger partial charge on any atom is 0.0833 e. The molecular weight excluding hydrogens is 312 g/mol. The normalized spacial score (nSPS) is 16.7. The second-order valence-corrected chi connectivity index (χ2v) is 6.42. The SMILES string of the molecule is OC(Cc1ccccc1Br)c1ccccc1C1CCC1. The summed E-state index contributed by atoms with van der Waals surface area (Å²) in [6, 6.07) is 16.5. The van der Waals surface area contributed by atoms with Crippen molar-refractivity contribution in [1.82, 2.24) is 0 Å². The van der Waals surface area contributed by atoms with Gasteiger partial charge in [0.15, 0.2) is 0 Å². The fraction of sp³-hybridized carbons (Fsp3) is 0.333. The fourth-order valence-corrected chi connectivity index (χ4v) is 3.33. The van der Waals surface area contributed by atoms with Crippen molar-refractivity contribution in [3.05, 3.63) is 69.7 Å². The van der Waals surface area contributed by atoms with Crippen LogP contribution in [0, 0.1) is 0 Å². The molecule has 1 nitrogen and oxygen atoms in total. The minimum Gasteiger partial charge on any atom is -0.388 e. The molecule has 20 heavy (non-hydrogen) atoms. The maximum atomic E-state index is 10.6. The van der Waals surface area contributed by atoms with Crippen LogP contribution in [-0.2, 0) is 6.42 Å². The van der Waals surface area contributed by atoms with E-state index in [9.17, 15) is 5.11 Å². The summed E-state index contributed by atoms with van der Waals surface area (Å²) in [5.41, 5.74) is 3.61. The van der Waals surface area contributed by atoms with Gasteiger partial charge in [0.1, 0.15) is 0 Å². The first kappa shape index (κ1) is 13.8. The molecule has 1 unspecified atom stereocenters. The third kappa shape index (κ3) is 2.82. The predicted octanol–water partition coefficient (Wildman–Crippen LogP) is 4.99. The smallest absolute Gasteiger partial charge is 0.0833 e. The Balaban J connectivity index is 1.83. The van der Waals surface area contributed by atoms with E-state index in [2.05, 4.69) is 40.2 Å². The van der Waals surface area contributed by atoms with Crippen LogP contribution in [-0.4, -0.2) is 5.11 Å². The zero-order valence-corrected chi connectivity index (χ0v) is 13.0. The molecule has 0 radical (unpaired) electrons. The lowest BCUT2D eigenvalue weighted by atomic mass is 9.77. The van der Waals surface area contributed by atoms with Gasteiger partial charge in [-0.05, 0) is 41.5 Å². The van der Waals surface area contributed by atoms with Crippen molar-refractivity contribution in [1.29, 1.82) is 0 Å². The molecular formula is C18H19BrO. The van der Waals surface area contributed by atoms with Crippen LogP contribution in [0.3, 0.4) is 0 Å². The van der Waals surface area contributed by atoms with Crippen molar-refractivity contribution in [3.8, 4) is 0 Å². The van der Waals surface area contributed by atoms with Gasteiger partial charge in [0.25, 0.3) is 0 Å². The summed E-state index contributed by atoms with van der Waals surface area (Å²) in [6.07, 6.45) is 4.08. The molecule has 0 aliphatic heterocycles. The first-order valence-corrected chi connectivity index (χ1v) is 8.05. The van der Waals surface area contributed by atoms with Crippen LogP contribution < -0.4 is 0 Å². The molecule has 1 fully saturated rings. The van der Waals surface area contributed by atoms with Crippen LogP contribution in [0.25, 0.3) is 0 Å². The molecule has 0 spiro atoms. The number of rotatable bonds is 4. The quantitative estimate of drug-likeness (QED) is 0.836. The van der Waals surface area contributed by atoms with Gasteiger partial charge >= 0.3 is 0 Å². The zero-order valence-electron chi connectivity index (χ0n) is 11.4. The van der Waals surface area contributed by atoms with Gasteiger partial charge in [-0.25, -0.2) is 0 Å². The highest BCUT2D eigenvalue weighted by Gasteiger charge is 2.24. The molecule has 0 amide bonds. The highest BCUT2D eigenvalue weighted by atomic mass is 79.9. The lowest BCUT2D eigenvalue weighted by Gasteiger charge is -2.29. The summed E-state index contributed by atoms with van der Waals surface area (Å²) >= 11 is 3.56. The molecule has 0 bridgehead atoms. The van der Waals surface area contributed by atoms with E-state index < -0.39 is 6.10 Å². The summed E-state index contributed by atoms with van der Waals surface area (Å²) in [4.78, 5) is 0. The summed E-state index contributed by atoms with van der Waals surface area (Å²) in [7, 11) is 0. The second-order valence-electron chi connectivity index (χ2n) is 5.57. The van der Waals surface area contributed by atoms with Gasteiger partial charge < -0.3 is 5.11 Å². The summed E-state index contributed by atoms with van der Waals surface area (Å²) in [5.74, 6) is 0.653. The number of hydrogen-bond acceptors (Lipinski definition) is 1. The Labute approximate surface area is 128 Å². The van der Waals surface area contributed by atoms with E-state index in [0.29, 0.717) is 12.3 Å². The second kappa shape index (κ2) is 6.11. The molecule has 3 rings (SSSR count). The Morgan fingerprint density at radius 1 is 1.05 bits per heavy atom. The molecule has 0 aromatic heterocycles. The zero-order chi connectivity index (χ0) is 13.9. The molecule has 0 heterocycles. The minimum atomic E-state index is -0.425. The first-order valence-electron chi connectivity index (χ1n) is 7.26. The van der Waals surface area contributed by atoms with Crippen LogP contribution in [0.15, 0.2) is 53.0 Å². The van der Waals surface area contributed by atoms with Crippen LogP contribution in [0.5, 0.6) is 0 Å². The third-order valence-electron chi connectivity index (χ3n) is 4.27. The highest BCUT2D eigenvalue weighted by Crippen LogP contribution is 2.40. The minimum absolute atomic E-state index is 0.425. The fourth-order valence-electron chi connectivity index (χ4n) is 2.89. The van der Waals surface area contributed by atoms with Gasteiger partial charge in [0.05, 0.1) is 6.10 Å². The number of aliphatic hydroxyl groups excluding tert-OH is 1. The lowest BCUT2D eigenvalue weighted by molar-refractivity contribution is 0.175. The Hall–Kier alpha value is -1.12. The van der Waals surface area contributed by atoms with E-state index in [0.717, 1.165) is 15.6 Å². The van der Waals surface area contributed by atoms with Crippen molar-refractivity contribution >= 4 is 15.9 Å². The average Bonchev–Trinajstić information content (AvgIpc) is 2.40. The number of benzene rings is 2. The van der Waals surface area contributed by atoms with Gasteiger partial charge in [0, 0.05) is 10.9 Å². The average molecular weight is 331 g/mol. The summed E-state index contributed by atoms with van der Waals surface area (Å²) in [6.45, 7) is 0. The number of hydrogen-bond donors (Lipinski definition) is 1. The molecule has 104 valence electrons. The Morgan fingerprint density at radius 2 is 1.75 bits per heavy atom. The number of aliphatic hydroxyl groups is 1. The Bertz CT molecular complexity index is 589. The molecule has 1 saturated carbocycles. The number of halogens is 1. The first-order chi connectivity index (χ1) is 9.75. The predicted molar refractivity (Wildman–Crippen MR) is 85.8 cm³/mol. The van der Waals surface area contributed by atoms with Crippen molar-refractivity contribution in [2.75, 3.05) is 0 Å². The van der Waals surface area contributed by atoms with E-state index in [1.807, 2.05) is 24.3 Å². The van der Waals surface area contributed by atoms with Crippen LogP contribution in [0.4, 0.5) is 0 Å². The lowest BCUT2D eigenvalue weighted by Crippen LogP contribution is -2.14.